The van der Waals surface area contributed by atoms with Crippen molar-refractivity contribution in [1.29, 1.82) is 0 Å². The van der Waals surface area contributed by atoms with E-state index in [4.69, 9.17) is 5.11 Å². The van der Waals surface area contributed by atoms with Crippen LogP contribution < -0.4 is 0 Å². The van der Waals surface area contributed by atoms with E-state index in [0.717, 1.165) is 6.08 Å². The highest BCUT2D eigenvalue weighted by molar-refractivity contribution is 5.96. The molecule has 0 saturated carbocycles. The van der Waals surface area contributed by atoms with Gasteiger partial charge in [0.25, 0.3) is 0 Å². The third kappa shape index (κ3) is 3.73. The molecular weight excluding hydrogens is 172 g/mol. The normalized spacial score (nSPS) is 13.6. The standard InChI is InChI=1S/C9H14O4/c1-4-6(2)7(5-8(10)11)9(12)13-3/h5-6H,4H2,1-3H3,(H,10,11)/b7-5-. The van der Waals surface area contributed by atoms with Crippen molar-refractivity contribution in [2.45, 2.75) is 20.3 Å². The predicted octanol–water partition coefficient (Wildman–Crippen LogP) is 1.22. The SMILES string of the molecule is CCC(C)/C(=C/C(=O)O)C(=O)OC. The number of carbonyl (C=O) groups excluding carboxylic acids is 1. The summed E-state index contributed by atoms with van der Waals surface area (Å²) >= 11 is 0. The van der Waals surface area contributed by atoms with Crippen molar-refractivity contribution in [1.82, 2.24) is 0 Å². The van der Waals surface area contributed by atoms with Gasteiger partial charge in [-0.2, -0.15) is 0 Å². The second-order valence-electron chi connectivity index (χ2n) is 2.74. The highest BCUT2D eigenvalue weighted by Crippen LogP contribution is 2.15. The van der Waals surface area contributed by atoms with Gasteiger partial charge in [-0.1, -0.05) is 13.8 Å². The molecule has 0 aliphatic rings. The lowest BCUT2D eigenvalue weighted by Gasteiger charge is -2.10. The summed E-state index contributed by atoms with van der Waals surface area (Å²) in [6, 6.07) is 0. The van der Waals surface area contributed by atoms with Gasteiger partial charge in [-0.15, -0.1) is 0 Å². The molecule has 0 aromatic carbocycles. The Hall–Kier alpha value is -1.32. The third-order valence-corrected chi connectivity index (χ3v) is 1.84. The van der Waals surface area contributed by atoms with E-state index < -0.39 is 11.9 Å². The lowest BCUT2D eigenvalue weighted by molar-refractivity contribution is -0.138. The van der Waals surface area contributed by atoms with Gasteiger partial charge in [-0.25, -0.2) is 9.59 Å². The van der Waals surface area contributed by atoms with Crippen LogP contribution >= 0.6 is 0 Å². The van der Waals surface area contributed by atoms with Crippen LogP contribution in [0, 0.1) is 5.92 Å². The Labute approximate surface area is 77.2 Å². The minimum absolute atomic E-state index is 0.0939. The van der Waals surface area contributed by atoms with Crippen molar-refractivity contribution < 1.29 is 19.4 Å². The Kier molecular flexibility index (Phi) is 4.80. The average molecular weight is 186 g/mol. The first-order valence-corrected chi connectivity index (χ1v) is 4.05. The molecular formula is C9H14O4. The Morgan fingerprint density at radius 3 is 2.38 bits per heavy atom. The number of hydrogen-bond donors (Lipinski definition) is 1. The van der Waals surface area contributed by atoms with E-state index in [0.29, 0.717) is 6.42 Å². The Balaban J connectivity index is 4.75. The van der Waals surface area contributed by atoms with E-state index in [2.05, 4.69) is 4.74 Å². The molecule has 13 heavy (non-hydrogen) atoms. The molecule has 1 unspecified atom stereocenters. The number of esters is 1. The second-order valence-corrected chi connectivity index (χ2v) is 2.74. The molecule has 0 heterocycles. The second kappa shape index (κ2) is 5.35. The van der Waals surface area contributed by atoms with Gasteiger partial charge in [-0.05, 0) is 12.3 Å². The van der Waals surface area contributed by atoms with Crippen LogP contribution in [0.4, 0.5) is 0 Å². The smallest absolute Gasteiger partial charge is 0.334 e. The Morgan fingerprint density at radius 1 is 1.54 bits per heavy atom. The maximum Gasteiger partial charge on any atom is 0.334 e. The van der Waals surface area contributed by atoms with Crippen LogP contribution in [-0.2, 0) is 14.3 Å². The highest BCUT2D eigenvalue weighted by Gasteiger charge is 2.17. The Morgan fingerprint density at radius 2 is 2.08 bits per heavy atom. The van der Waals surface area contributed by atoms with E-state index >= 15 is 0 Å². The summed E-state index contributed by atoms with van der Waals surface area (Å²) < 4.78 is 4.47. The largest absolute Gasteiger partial charge is 0.478 e. The van der Waals surface area contributed by atoms with Crippen LogP contribution in [0.1, 0.15) is 20.3 Å². The number of aliphatic carboxylic acids is 1. The van der Waals surface area contributed by atoms with Gasteiger partial charge in [0, 0.05) is 11.6 Å². The van der Waals surface area contributed by atoms with Crippen molar-refractivity contribution >= 4 is 11.9 Å². The molecule has 0 radical (unpaired) electrons. The van der Waals surface area contributed by atoms with Crippen LogP contribution in [0.15, 0.2) is 11.6 Å². The number of carbonyl (C=O) groups is 2. The topological polar surface area (TPSA) is 63.6 Å². The zero-order chi connectivity index (χ0) is 10.4. The molecule has 74 valence electrons. The van der Waals surface area contributed by atoms with Crippen LogP contribution in [0.5, 0.6) is 0 Å². The molecule has 0 amide bonds. The number of carboxylic acids is 1. The minimum Gasteiger partial charge on any atom is -0.478 e. The fourth-order valence-electron chi connectivity index (χ4n) is 0.873. The molecule has 1 N–H and O–H groups in total. The van der Waals surface area contributed by atoms with Gasteiger partial charge in [-0.3, -0.25) is 0 Å². The van der Waals surface area contributed by atoms with Gasteiger partial charge in [0.2, 0.25) is 0 Å². The lowest BCUT2D eigenvalue weighted by atomic mass is 9.98. The molecule has 0 spiro atoms. The minimum atomic E-state index is -1.12. The maximum absolute atomic E-state index is 11.1. The molecule has 0 saturated heterocycles. The number of ether oxygens (including phenoxy) is 1. The average Bonchev–Trinajstić information content (AvgIpc) is 2.11. The summed E-state index contributed by atoms with van der Waals surface area (Å²) in [5, 5.41) is 8.49. The van der Waals surface area contributed by atoms with Crippen LogP contribution in [0.3, 0.4) is 0 Å². The summed E-state index contributed by atoms with van der Waals surface area (Å²) in [5.74, 6) is -1.79. The number of rotatable bonds is 4. The molecule has 0 aliphatic carbocycles. The molecule has 0 aliphatic heterocycles. The molecule has 4 nitrogen and oxygen atoms in total. The molecule has 0 bridgehead atoms. The number of carboxylic acid groups (broad SMARTS) is 1. The zero-order valence-corrected chi connectivity index (χ0v) is 8.03. The summed E-state index contributed by atoms with van der Waals surface area (Å²) in [4.78, 5) is 21.5. The van der Waals surface area contributed by atoms with Crippen LogP contribution in [-0.4, -0.2) is 24.2 Å². The summed E-state index contributed by atoms with van der Waals surface area (Å²) in [7, 11) is 1.24. The van der Waals surface area contributed by atoms with Crippen LogP contribution in [0.2, 0.25) is 0 Å². The molecule has 0 aromatic heterocycles. The van der Waals surface area contributed by atoms with E-state index in [1.165, 1.54) is 7.11 Å². The molecule has 0 fully saturated rings. The van der Waals surface area contributed by atoms with Crippen molar-refractivity contribution in [2.24, 2.45) is 5.92 Å². The van der Waals surface area contributed by atoms with Gasteiger partial charge < -0.3 is 9.84 Å². The third-order valence-electron chi connectivity index (χ3n) is 1.84. The Bertz CT molecular complexity index is 230. The van der Waals surface area contributed by atoms with Crippen molar-refractivity contribution in [2.75, 3.05) is 7.11 Å². The van der Waals surface area contributed by atoms with Crippen molar-refractivity contribution in [3.05, 3.63) is 11.6 Å². The number of methoxy groups -OCH3 is 1. The molecule has 0 rings (SSSR count). The fourth-order valence-corrected chi connectivity index (χ4v) is 0.873. The lowest BCUT2D eigenvalue weighted by Crippen LogP contribution is -2.13. The van der Waals surface area contributed by atoms with Crippen LogP contribution in [0.25, 0.3) is 0 Å². The molecule has 4 heteroatoms. The first kappa shape index (κ1) is 11.7. The fraction of sp³-hybridized carbons (Fsp3) is 0.556. The van der Waals surface area contributed by atoms with Gasteiger partial charge >= 0.3 is 11.9 Å². The summed E-state index contributed by atoms with van der Waals surface area (Å²) in [5.41, 5.74) is 0.206. The van der Waals surface area contributed by atoms with E-state index in [1.54, 1.807) is 6.92 Å². The highest BCUT2D eigenvalue weighted by atomic mass is 16.5. The predicted molar refractivity (Wildman–Crippen MR) is 47.2 cm³/mol. The van der Waals surface area contributed by atoms with Crippen molar-refractivity contribution in [3.8, 4) is 0 Å². The van der Waals surface area contributed by atoms with Crippen molar-refractivity contribution in [3.63, 3.8) is 0 Å². The van der Waals surface area contributed by atoms with Gasteiger partial charge in [0.15, 0.2) is 0 Å². The molecule has 1 atom stereocenters. The zero-order valence-electron chi connectivity index (χ0n) is 8.03. The van der Waals surface area contributed by atoms with Gasteiger partial charge in [0.05, 0.1) is 7.11 Å². The maximum atomic E-state index is 11.1. The van der Waals surface area contributed by atoms with E-state index in [1.807, 2.05) is 6.92 Å². The van der Waals surface area contributed by atoms with Gasteiger partial charge in [0.1, 0.15) is 0 Å². The first-order chi connectivity index (χ1) is 6.02. The van der Waals surface area contributed by atoms with E-state index in [9.17, 15) is 9.59 Å². The molecule has 0 aromatic rings. The monoisotopic (exact) mass is 186 g/mol. The number of hydrogen-bond acceptors (Lipinski definition) is 3. The van der Waals surface area contributed by atoms with E-state index in [-0.39, 0.29) is 11.5 Å². The summed E-state index contributed by atoms with van der Waals surface area (Å²) in [6.07, 6.45) is 1.61. The quantitative estimate of drug-likeness (QED) is 0.529. The first-order valence-electron chi connectivity index (χ1n) is 4.05. The summed E-state index contributed by atoms with van der Waals surface area (Å²) in [6.45, 7) is 3.66.